The molecular formula is C15H16N4O. The number of nitrogens with one attached hydrogen (secondary N) is 3. The summed E-state index contributed by atoms with van der Waals surface area (Å²) in [5, 5.41) is 12.0. The summed E-state index contributed by atoms with van der Waals surface area (Å²) in [6.45, 7) is 3.38. The molecule has 0 fully saturated rings. The first-order chi connectivity index (χ1) is 9.74. The van der Waals surface area contributed by atoms with Gasteiger partial charge in [-0.1, -0.05) is 36.4 Å². The maximum absolute atomic E-state index is 10.9. The molecule has 2 aromatic carbocycles. The fourth-order valence-electron chi connectivity index (χ4n) is 2.39. The van der Waals surface area contributed by atoms with Gasteiger partial charge in [-0.2, -0.15) is 5.10 Å². The van der Waals surface area contributed by atoms with Gasteiger partial charge >= 0.3 is 5.69 Å². The van der Waals surface area contributed by atoms with E-state index < -0.39 is 0 Å². The Bertz CT molecular complexity index is 788. The normalized spacial score (nSPS) is 11.1. The minimum absolute atomic E-state index is 0.275. The molecule has 0 saturated heterocycles. The monoisotopic (exact) mass is 268 g/mol. The summed E-state index contributed by atoms with van der Waals surface area (Å²) in [5.74, 6) is 0.617. The Hall–Kier alpha value is -2.40. The average molecular weight is 268 g/mol. The number of fused-ring (bicyclic) bond motifs is 1. The third kappa shape index (κ3) is 2.48. The van der Waals surface area contributed by atoms with Crippen molar-refractivity contribution in [1.29, 1.82) is 0 Å². The number of aromatic amines is 2. The molecule has 3 N–H and O–H groups in total. The molecule has 5 nitrogen and oxygen atoms in total. The van der Waals surface area contributed by atoms with E-state index >= 15 is 0 Å². The molecule has 102 valence electrons. The Morgan fingerprint density at radius 1 is 1.10 bits per heavy atom. The molecule has 0 unspecified atom stereocenters. The van der Waals surface area contributed by atoms with Gasteiger partial charge in [-0.15, -0.1) is 0 Å². The van der Waals surface area contributed by atoms with Crippen LogP contribution in [0.15, 0.2) is 41.2 Å². The van der Waals surface area contributed by atoms with Gasteiger partial charge in [-0.3, -0.25) is 4.98 Å². The molecule has 0 spiro atoms. The van der Waals surface area contributed by atoms with Crippen molar-refractivity contribution in [2.45, 2.75) is 20.0 Å². The largest absolute Gasteiger partial charge is 0.340 e. The lowest BCUT2D eigenvalue weighted by molar-refractivity contribution is 0.667. The topological polar surface area (TPSA) is 73.6 Å². The highest BCUT2D eigenvalue weighted by molar-refractivity contribution is 5.88. The Morgan fingerprint density at radius 2 is 1.90 bits per heavy atom. The number of hydrogen-bond donors (Lipinski definition) is 3. The van der Waals surface area contributed by atoms with Crippen molar-refractivity contribution < 1.29 is 0 Å². The molecule has 1 aromatic heterocycles. The van der Waals surface area contributed by atoms with E-state index in [1.54, 1.807) is 0 Å². The Labute approximate surface area is 116 Å². The van der Waals surface area contributed by atoms with Gasteiger partial charge in [0.05, 0.1) is 6.54 Å². The van der Waals surface area contributed by atoms with Gasteiger partial charge in [0.25, 0.3) is 0 Å². The Balaban J connectivity index is 1.77. The van der Waals surface area contributed by atoms with E-state index in [1.807, 2.05) is 0 Å². The highest BCUT2D eigenvalue weighted by atomic mass is 16.1. The fraction of sp³-hybridized carbons (Fsp3) is 0.200. The highest BCUT2D eigenvalue weighted by Crippen LogP contribution is 2.21. The summed E-state index contributed by atoms with van der Waals surface area (Å²) in [5.41, 5.74) is 2.24. The van der Waals surface area contributed by atoms with Crippen molar-refractivity contribution in [3.05, 3.63) is 63.8 Å². The van der Waals surface area contributed by atoms with E-state index in [1.165, 1.54) is 21.9 Å². The first kappa shape index (κ1) is 12.6. The first-order valence-corrected chi connectivity index (χ1v) is 6.55. The van der Waals surface area contributed by atoms with Crippen molar-refractivity contribution in [3.8, 4) is 0 Å². The summed E-state index contributed by atoms with van der Waals surface area (Å²) in [7, 11) is 0. The van der Waals surface area contributed by atoms with Gasteiger partial charge in [0, 0.05) is 6.54 Å². The van der Waals surface area contributed by atoms with Crippen LogP contribution in [0.5, 0.6) is 0 Å². The molecule has 0 radical (unpaired) electrons. The molecule has 0 amide bonds. The van der Waals surface area contributed by atoms with E-state index in [2.05, 4.69) is 63.8 Å². The molecule has 0 bridgehead atoms. The van der Waals surface area contributed by atoms with E-state index in [-0.39, 0.29) is 5.69 Å². The number of aryl methyl sites for hydroxylation is 1. The van der Waals surface area contributed by atoms with Crippen LogP contribution in [0.25, 0.3) is 10.8 Å². The molecule has 0 atom stereocenters. The zero-order valence-corrected chi connectivity index (χ0v) is 11.2. The summed E-state index contributed by atoms with van der Waals surface area (Å²) in [4.78, 5) is 13.6. The van der Waals surface area contributed by atoms with Gasteiger partial charge in [0.2, 0.25) is 0 Å². The fourth-order valence-corrected chi connectivity index (χ4v) is 2.39. The predicted molar refractivity (Wildman–Crippen MR) is 78.4 cm³/mol. The molecule has 3 aromatic rings. The smallest absolute Gasteiger partial charge is 0.306 e. The van der Waals surface area contributed by atoms with Crippen molar-refractivity contribution >= 4 is 10.8 Å². The number of benzene rings is 2. The van der Waals surface area contributed by atoms with Gasteiger partial charge in [0.15, 0.2) is 0 Å². The van der Waals surface area contributed by atoms with Crippen LogP contribution in [-0.4, -0.2) is 15.2 Å². The molecule has 20 heavy (non-hydrogen) atoms. The standard InChI is InChI=1S/C15H16N4O/c1-10-4-2-7-13-11(5-3-6-12(10)13)8-16-9-14-17-15(20)19-18-14/h2-7,16H,8-9H2,1H3,(H2,17,18,19,20). The third-order valence-electron chi connectivity index (χ3n) is 3.39. The Morgan fingerprint density at radius 3 is 2.70 bits per heavy atom. The second kappa shape index (κ2) is 5.30. The molecular weight excluding hydrogens is 252 g/mol. The van der Waals surface area contributed by atoms with E-state index in [0.717, 1.165) is 6.54 Å². The second-order valence-corrected chi connectivity index (χ2v) is 4.82. The maximum atomic E-state index is 10.9. The van der Waals surface area contributed by atoms with Gasteiger partial charge in [-0.05, 0) is 28.8 Å². The molecule has 1 heterocycles. The lowest BCUT2D eigenvalue weighted by Gasteiger charge is -2.09. The lowest BCUT2D eigenvalue weighted by atomic mass is 10.0. The third-order valence-corrected chi connectivity index (χ3v) is 3.39. The minimum Gasteiger partial charge on any atom is -0.306 e. The molecule has 5 heteroatoms. The number of aromatic nitrogens is 3. The molecule has 0 aliphatic heterocycles. The summed E-state index contributed by atoms with van der Waals surface area (Å²) >= 11 is 0. The molecule has 0 saturated carbocycles. The van der Waals surface area contributed by atoms with Gasteiger partial charge in [0.1, 0.15) is 5.82 Å². The highest BCUT2D eigenvalue weighted by Gasteiger charge is 2.03. The average Bonchev–Trinajstić information content (AvgIpc) is 2.86. The van der Waals surface area contributed by atoms with Gasteiger partial charge in [-0.25, -0.2) is 9.89 Å². The number of nitrogens with zero attached hydrogens (tertiary/aromatic N) is 1. The SMILES string of the molecule is Cc1cccc2c(CNCc3n[nH]c(=O)[nH]3)cccc12. The molecule has 0 aliphatic carbocycles. The van der Waals surface area contributed by atoms with Crippen LogP contribution in [0.3, 0.4) is 0 Å². The van der Waals surface area contributed by atoms with E-state index in [9.17, 15) is 4.79 Å². The summed E-state index contributed by atoms with van der Waals surface area (Å²) < 4.78 is 0. The second-order valence-electron chi connectivity index (χ2n) is 4.82. The predicted octanol–water partition coefficient (Wildman–Crippen LogP) is 1.85. The number of hydrogen-bond acceptors (Lipinski definition) is 3. The molecule has 3 rings (SSSR count). The van der Waals surface area contributed by atoms with Crippen LogP contribution in [0.4, 0.5) is 0 Å². The number of H-pyrrole nitrogens is 2. The Kier molecular flexibility index (Phi) is 3.35. The van der Waals surface area contributed by atoms with Crippen LogP contribution in [0.2, 0.25) is 0 Å². The first-order valence-electron chi connectivity index (χ1n) is 6.55. The van der Waals surface area contributed by atoms with Crippen molar-refractivity contribution in [2.75, 3.05) is 0 Å². The zero-order valence-electron chi connectivity index (χ0n) is 11.2. The zero-order chi connectivity index (χ0) is 13.9. The van der Waals surface area contributed by atoms with E-state index in [4.69, 9.17) is 0 Å². The van der Waals surface area contributed by atoms with E-state index in [0.29, 0.717) is 12.4 Å². The summed E-state index contributed by atoms with van der Waals surface area (Å²) in [6.07, 6.45) is 0. The number of rotatable bonds is 4. The van der Waals surface area contributed by atoms with Crippen LogP contribution >= 0.6 is 0 Å². The van der Waals surface area contributed by atoms with Crippen LogP contribution in [0, 0.1) is 6.92 Å². The van der Waals surface area contributed by atoms with Crippen LogP contribution in [0.1, 0.15) is 17.0 Å². The van der Waals surface area contributed by atoms with Crippen LogP contribution in [-0.2, 0) is 13.1 Å². The van der Waals surface area contributed by atoms with Crippen molar-refractivity contribution in [2.24, 2.45) is 0 Å². The van der Waals surface area contributed by atoms with Crippen molar-refractivity contribution in [3.63, 3.8) is 0 Å². The maximum Gasteiger partial charge on any atom is 0.340 e. The minimum atomic E-state index is -0.275. The van der Waals surface area contributed by atoms with Crippen LogP contribution < -0.4 is 11.0 Å². The summed E-state index contributed by atoms with van der Waals surface area (Å²) in [6, 6.07) is 12.7. The van der Waals surface area contributed by atoms with Gasteiger partial charge < -0.3 is 5.32 Å². The van der Waals surface area contributed by atoms with Crippen molar-refractivity contribution in [1.82, 2.24) is 20.5 Å². The lowest BCUT2D eigenvalue weighted by Crippen LogP contribution is -2.14. The quantitative estimate of drug-likeness (QED) is 0.676. The molecule has 0 aliphatic rings.